The molecular formula is C20H28Cl2N4O10. The molecule has 0 radical (unpaired) electrons. The van der Waals surface area contributed by atoms with E-state index in [1.807, 2.05) is 0 Å². The van der Waals surface area contributed by atoms with Crippen molar-refractivity contribution in [2.45, 2.75) is 67.6 Å². The zero-order valence-electron chi connectivity index (χ0n) is 19.3. The van der Waals surface area contributed by atoms with Gasteiger partial charge in [-0.3, -0.25) is 24.0 Å². The van der Waals surface area contributed by atoms with Crippen LogP contribution in [0.25, 0.3) is 0 Å². The van der Waals surface area contributed by atoms with E-state index in [1.54, 1.807) is 11.8 Å². The van der Waals surface area contributed by atoms with Crippen molar-refractivity contribution in [2.75, 3.05) is 19.8 Å². The van der Waals surface area contributed by atoms with Crippen LogP contribution >= 0.6 is 24.0 Å². The van der Waals surface area contributed by atoms with Crippen molar-refractivity contribution in [3.05, 3.63) is 33.1 Å². The lowest BCUT2D eigenvalue weighted by Crippen LogP contribution is -2.47. The Bertz CT molecular complexity index is 1130. The van der Waals surface area contributed by atoms with E-state index in [0.29, 0.717) is 13.0 Å². The summed E-state index contributed by atoms with van der Waals surface area (Å²) in [6.07, 6.45) is -3.55. The van der Waals surface area contributed by atoms with E-state index in [4.69, 9.17) is 36.0 Å². The van der Waals surface area contributed by atoms with Gasteiger partial charge in [-0.15, -0.1) is 24.0 Å². The normalized spacial score (nSPS) is 38.8. The number of rotatable bonds is 3. The molecule has 0 aliphatic carbocycles. The number of hydrogen-bond acceptors (Lipinski definition) is 11. The molecule has 202 valence electrons. The number of hydrogen-bond donors (Lipinski definition) is 5. The number of aliphatic imine (C=N–C) groups is 1. The molecule has 14 nitrogen and oxygen atoms in total. The van der Waals surface area contributed by atoms with Crippen LogP contribution < -0.4 is 11.2 Å². The lowest BCUT2D eigenvalue weighted by molar-refractivity contribution is -0.119. The van der Waals surface area contributed by atoms with E-state index in [1.165, 1.54) is 13.1 Å². The number of nitrogens with one attached hydrogen (secondary N) is 1. The van der Waals surface area contributed by atoms with Crippen molar-refractivity contribution in [1.82, 2.24) is 14.5 Å². The summed E-state index contributed by atoms with van der Waals surface area (Å²) in [4.78, 5) is 40.1. The maximum atomic E-state index is 11.6. The smallest absolute Gasteiger partial charge is 0.330 e. The van der Waals surface area contributed by atoms with Crippen molar-refractivity contribution in [1.29, 1.82) is 0 Å². The Morgan fingerprint density at radius 1 is 1.11 bits per heavy atom. The second-order valence-corrected chi connectivity index (χ2v) is 9.81. The number of ether oxygens (including phenoxy) is 3. The molecule has 5 N–H and O–H groups in total. The summed E-state index contributed by atoms with van der Waals surface area (Å²) in [5.74, 6) is -0.229. The Labute approximate surface area is 215 Å². The Balaban J connectivity index is 0.000000195. The van der Waals surface area contributed by atoms with E-state index in [9.17, 15) is 24.6 Å². The predicted octanol–water partition coefficient (Wildman–Crippen LogP) is -2.35. The number of aromatic amines is 1. The molecule has 5 heterocycles. The van der Waals surface area contributed by atoms with Crippen LogP contribution in [-0.2, 0) is 19.0 Å². The first kappa shape index (κ1) is 28.5. The van der Waals surface area contributed by atoms with Gasteiger partial charge in [-0.05, 0) is 13.8 Å². The second-order valence-electron chi connectivity index (χ2n) is 8.99. The van der Waals surface area contributed by atoms with Crippen LogP contribution in [0.3, 0.4) is 0 Å². The molecule has 0 bridgehead atoms. The second kappa shape index (κ2) is 10.4. The first-order valence-corrected chi connectivity index (χ1v) is 11.3. The Kier molecular flexibility index (Phi) is 8.22. The number of nitrogens with zero attached hydrogens (tertiary/aromatic N) is 3. The third-order valence-electron chi connectivity index (χ3n) is 6.54. The molecule has 16 heteroatoms. The van der Waals surface area contributed by atoms with Crippen LogP contribution in [0.5, 0.6) is 0 Å². The summed E-state index contributed by atoms with van der Waals surface area (Å²) in [7, 11) is 0. The molecule has 0 unspecified atom stereocenters. The fourth-order valence-electron chi connectivity index (χ4n) is 4.54. The van der Waals surface area contributed by atoms with Crippen LogP contribution in [0.2, 0.25) is 0 Å². The standard InChI is InChI=1S/C10H13ClN2O5.C10H14N2O5.ClH/c1-10(11)7(16)5(4-14)18-8(10)13-3-2-6(15)12-9(13)17;1-10-7(15)5(4-13)16-8(10)12-3-2-6(14)11-9(12)17-10;/h2-3,5,7-8,14,16H,4H2,1H3,(H,12,15,17);5,7-8,13,15H,2-4H2,1H3;1H/t5-,7-,8-,10-;5-,7-,8-,10+;/m11./s1. The number of amidine groups is 1. The van der Waals surface area contributed by atoms with Gasteiger partial charge in [0, 0.05) is 25.2 Å². The lowest BCUT2D eigenvalue weighted by Gasteiger charge is -2.26. The number of aliphatic hydroxyl groups is 4. The Morgan fingerprint density at radius 3 is 2.31 bits per heavy atom. The number of amides is 1. The summed E-state index contributed by atoms with van der Waals surface area (Å²) >= 11 is 6.17. The van der Waals surface area contributed by atoms with Gasteiger partial charge >= 0.3 is 5.69 Å². The number of carbonyl (C=O) groups is 1. The number of halogens is 2. The van der Waals surface area contributed by atoms with E-state index in [-0.39, 0.29) is 30.9 Å². The molecule has 0 spiro atoms. The first-order chi connectivity index (χ1) is 16.4. The molecule has 4 aliphatic rings. The molecule has 8 atom stereocenters. The summed E-state index contributed by atoms with van der Waals surface area (Å²) in [6, 6.07) is 1.36. The van der Waals surface area contributed by atoms with E-state index in [0.717, 1.165) is 10.6 Å². The van der Waals surface area contributed by atoms with Crippen LogP contribution in [-0.4, -0.2) is 108 Å². The Hall–Kier alpha value is -2.04. The average Bonchev–Trinajstić information content (AvgIpc) is 3.31. The molecule has 4 aliphatic heterocycles. The SMILES string of the molecule is C[C@@]1(Cl)[C@H](O)[C@@H](CO)O[C@H]1n1ccc(=O)[nH]c1=O.C[C@@]12OC3=NC(=O)CCN3[C@@H]1O[C@H](CO)[C@H]2O.Cl. The van der Waals surface area contributed by atoms with Gasteiger partial charge in [-0.1, -0.05) is 0 Å². The largest absolute Gasteiger partial charge is 0.451 e. The van der Waals surface area contributed by atoms with Gasteiger partial charge in [0.1, 0.15) is 29.3 Å². The molecule has 1 aromatic heterocycles. The van der Waals surface area contributed by atoms with Crippen molar-refractivity contribution < 1.29 is 39.4 Å². The monoisotopic (exact) mass is 554 g/mol. The highest BCUT2D eigenvalue weighted by atomic mass is 35.5. The number of alkyl halides is 1. The molecule has 0 aromatic carbocycles. The predicted molar refractivity (Wildman–Crippen MR) is 125 cm³/mol. The number of H-pyrrole nitrogens is 1. The summed E-state index contributed by atoms with van der Waals surface area (Å²) in [5.41, 5.74) is -2.20. The molecular weight excluding hydrogens is 527 g/mol. The fraction of sp³-hybridized carbons (Fsp3) is 0.700. The minimum Gasteiger partial charge on any atom is -0.451 e. The maximum absolute atomic E-state index is 11.6. The zero-order chi connectivity index (χ0) is 25.7. The number of aliphatic hydroxyl groups excluding tert-OH is 4. The highest BCUT2D eigenvalue weighted by molar-refractivity contribution is 6.24. The topological polar surface area (TPSA) is 196 Å². The summed E-state index contributed by atoms with van der Waals surface area (Å²) < 4.78 is 17.6. The molecule has 0 saturated carbocycles. The first-order valence-electron chi connectivity index (χ1n) is 10.9. The molecule has 3 saturated heterocycles. The maximum Gasteiger partial charge on any atom is 0.330 e. The van der Waals surface area contributed by atoms with Crippen LogP contribution in [0.15, 0.2) is 26.8 Å². The van der Waals surface area contributed by atoms with Crippen LogP contribution in [0.4, 0.5) is 0 Å². The highest BCUT2D eigenvalue weighted by Crippen LogP contribution is 2.43. The van der Waals surface area contributed by atoms with Crippen molar-refractivity contribution in [3.63, 3.8) is 0 Å². The van der Waals surface area contributed by atoms with Gasteiger partial charge in [0.2, 0.25) is 0 Å². The van der Waals surface area contributed by atoms with E-state index < -0.39 is 65.2 Å². The van der Waals surface area contributed by atoms with Gasteiger partial charge in [0.25, 0.3) is 17.5 Å². The van der Waals surface area contributed by atoms with Gasteiger partial charge in [-0.25, -0.2) is 4.79 Å². The van der Waals surface area contributed by atoms with Crippen molar-refractivity contribution >= 4 is 35.9 Å². The lowest BCUT2D eigenvalue weighted by atomic mass is 9.97. The van der Waals surface area contributed by atoms with Gasteiger partial charge in [-0.2, -0.15) is 4.99 Å². The molecule has 36 heavy (non-hydrogen) atoms. The average molecular weight is 555 g/mol. The number of carbonyl (C=O) groups excluding carboxylic acids is 1. The van der Waals surface area contributed by atoms with Gasteiger partial charge in [0.05, 0.1) is 13.2 Å². The number of aromatic nitrogens is 2. The minimum absolute atomic E-state index is 0. The molecule has 1 aromatic rings. The minimum atomic E-state index is -1.28. The number of fused-ring (bicyclic) bond motifs is 3. The van der Waals surface area contributed by atoms with Crippen molar-refractivity contribution in [2.24, 2.45) is 4.99 Å². The van der Waals surface area contributed by atoms with E-state index in [2.05, 4.69) is 9.98 Å². The zero-order valence-corrected chi connectivity index (χ0v) is 20.9. The quantitative estimate of drug-likeness (QED) is 0.251. The van der Waals surface area contributed by atoms with Gasteiger partial charge < -0.3 is 34.6 Å². The van der Waals surface area contributed by atoms with Gasteiger partial charge in [0.15, 0.2) is 18.1 Å². The van der Waals surface area contributed by atoms with Crippen LogP contribution in [0, 0.1) is 0 Å². The Morgan fingerprint density at radius 2 is 1.72 bits per heavy atom. The third kappa shape index (κ3) is 4.67. The third-order valence-corrected chi connectivity index (χ3v) is 6.95. The summed E-state index contributed by atoms with van der Waals surface area (Å²) in [6.45, 7) is 2.97. The highest BCUT2D eigenvalue weighted by Gasteiger charge is 2.63. The molecule has 5 rings (SSSR count). The van der Waals surface area contributed by atoms with Crippen LogP contribution in [0.1, 0.15) is 26.5 Å². The van der Waals surface area contributed by atoms with E-state index >= 15 is 0 Å². The van der Waals surface area contributed by atoms with Crippen molar-refractivity contribution in [3.8, 4) is 0 Å². The molecule has 3 fully saturated rings. The fourth-order valence-corrected chi connectivity index (χ4v) is 4.83. The summed E-state index contributed by atoms with van der Waals surface area (Å²) in [5, 5.41) is 38.1. The molecule has 1 amide bonds.